The number of carbonyl (C=O) groups excluding carboxylic acids is 2. The van der Waals surface area contributed by atoms with Gasteiger partial charge in [0.05, 0.1) is 12.5 Å². The first-order valence-corrected chi connectivity index (χ1v) is 5.21. The number of aliphatic hydroxyl groups excluding tert-OH is 1. The van der Waals surface area contributed by atoms with E-state index >= 15 is 0 Å². The molecule has 0 aromatic rings. The smallest absolute Gasteiger partial charge is 0.246 e. The third-order valence-electron chi connectivity index (χ3n) is 2.72. The van der Waals surface area contributed by atoms with Crippen LogP contribution >= 0.6 is 0 Å². The molecule has 2 unspecified atom stereocenters. The van der Waals surface area contributed by atoms with Crippen LogP contribution in [0.1, 0.15) is 19.8 Å². The molecule has 0 aliphatic carbocycles. The van der Waals surface area contributed by atoms with Crippen LogP contribution in [-0.4, -0.2) is 48.1 Å². The summed E-state index contributed by atoms with van der Waals surface area (Å²) < 4.78 is 0. The first-order chi connectivity index (χ1) is 7.06. The summed E-state index contributed by atoms with van der Waals surface area (Å²) in [6.45, 7) is 2.80. The molecule has 2 atom stereocenters. The predicted molar refractivity (Wildman–Crippen MR) is 55.1 cm³/mol. The molecule has 1 aliphatic rings. The van der Waals surface area contributed by atoms with E-state index in [0.717, 1.165) is 4.90 Å². The van der Waals surface area contributed by atoms with Gasteiger partial charge < -0.3 is 10.4 Å². The summed E-state index contributed by atoms with van der Waals surface area (Å²) in [7, 11) is 1.50. The summed E-state index contributed by atoms with van der Waals surface area (Å²) >= 11 is 0. The van der Waals surface area contributed by atoms with Gasteiger partial charge in [-0.2, -0.15) is 0 Å². The number of rotatable bonds is 5. The lowest BCUT2D eigenvalue weighted by Gasteiger charge is -2.14. The van der Waals surface area contributed by atoms with Gasteiger partial charge in [-0.3, -0.25) is 14.5 Å². The van der Waals surface area contributed by atoms with Crippen LogP contribution in [0.5, 0.6) is 0 Å². The quantitative estimate of drug-likeness (QED) is 0.597. The minimum absolute atomic E-state index is 0.132. The molecule has 0 radical (unpaired) electrons. The second-order valence-electron chi connectivity index (χ2n) is 4.07. The Morgan fingerprint density at radius 1 is 1.60 bits per heavy atom. The normalized spacial score (nSPS) is 23.7. The maximum atomic E-state index is 11.5. The molecule has 0 saturated carbocycles. The highest BCUT2D eigenvalue weighted by Gasteiger charge is 2.35. The SMILES string of the molecule is CC(CCO)CNC1CC(=O)N(C)C1=O. The summed E-state index contributed by atoms with van der Waals surface area (Å²) in [5.74, 6) is 0.0207. The molecule has 1 heterocycles. The van der Waals surface area contributed by atoms with Crippen molar-refractivity contribution in [1.82, 2.24) is 10.2 Å². The van der Waals surface area contributed by atoms with Crippen LogP contribution in [0.15, 0.2) is 0 Å². The highest BCUT2D eigenvalue weighted by molar-refractivity contribution is 6.05. The fraction of sp³-hybridized carbons (Fsp3) is 0.800. The molecule has 0 bridgehead atoms. The Morgan fingerprint density at radius 2 is 2.27 bits per heavy atom. The zero-order valence-corrected chi connectivity index (χ0v) is 9.19. The van der Waals surface area contributed by atoms with E-state index in [1.54, 1.807) is 0 Å². The number of hydrogen-bond acceptors (Lipinski definition) is 4. The Kier molecular flexibility index (Phi) is 4.23. The lowest BCUT2D eigenvalue weighted by molar-refractivity contribution is -0.137. The van der Waals surface area contributed by atoms with Crippen molar-refractivity contribution < 1.29 is 14.7 Å². The summed E-state index contributed by atoms with van der Waals surface area (Å²) in [5, 5.41) is 11.8. The fourth-order valence-corrected chi connectivity index (χ4v) is 1.58. The van der Waals surface area contributed by atoms with E-state index in [1.807, 2.05) is 6.92 Å². The summed E-state index contributed by atoms with van der Waals surface area (Å²) in [6.07, 6.45) is 0.957. The van der Waals surface area contributed by atoms with Gasteiger partial charge in [-0.05, 0) is 18.9 Å². The Balaban J connectivity index is 2.34. The third kappa shape index (κ3) is 3.00. The molecule has 1 aliphatic heterocycles. The van der Waals surface area contributed by atoms with Crippen molar-refractivity contribution in [2.24, 2.45) is 5.92 Å². The van der Waals surface area contributed by atoms with Gasteiger partial charge in [-0.25, -0.2) is 0 Å². The topological polar surface area (TPSA) is 69.6 Å². The monoisotopic (exact) mass is 214 g/mol. The predicted octanol–water partition coefficient (Wildman–Crippen LogP) is -0.648. The van der Waals surface area contributed by atoms with Crippen LogP contribution in [0.3, 0.4) is 0 Å². The van der Waals surface area contributed by atoms with Crippen LogP contribution < -0.4 is 5.32 Å². The van der Waals surface area contributed by atoms with Gasteiger partial charge in [-0.15, -0.1) is 0 Å². The molecular formula is C10H18N2O3. The molecular weight excluding hydrogens is 196 g/mol. The number of aliphatic hydroxyl groups is 1. The number of hydrogen-bond donors (Lipinski definition) is 2. The van der Waals surface area contributed by atoms with Crippen molar-refractivity contribution in [3.8, 4) is 0 Å². The van der Waals surface area contributed by atoms with Gasteiger partial charge in [0.15, 0.2) is 0 Å². The standard InChI is InChI=1S/C10H18N2O3/c1-7(3-4-13)6-11-8-5-9(14)12(2)10(8)15/h7-8,11,13H,3-6H2,1-2H3. The Hall–Kier alpha value is -0.940. The summed E-state index contributed by atoms with van der Waals surface area (Å²) in [4.78, 5) is 23.8. The van der Waals surface area contributed by atoms with Gasteiger partial charge in [0.1, 0.15) is 0 Å². The van der Waals surface area contributed by atoms with Crippen molar-refractivity contribution in [3.05, 3.63) is 0 Å². The number of nitrogens with zero attached hydrogens (tertiary/aromatic N) is 1. The van der Waals surface area contributed by atoms with Crippen molar-refractivity contribution >= 4 is 11.8 Å². The summed E-state index contributed by atoms with van der Waals surface area (Å²) in [6, 6.07) is -0.372. The average molecular weight is 214 g/mol. The average Bonchev–Trinajstić information content (AvgIpc) is 2.43. The van der Waals surface area contributed by atoms with Crippen LogP contribution in [0.4, 0.5) is 0 Å². The van der Waals surface area contributed by atoms with Gasteiger partial charge in [0, 0.05) is 13.7 Å². The van der Waals surface area contributed by atoms with E-state index in [2.05, 4.69) is 5.32 Å². The van der Waals surface area contributed by atoms with E-state index in [-0.39, 0.29) is 30.9 Å². The van der Waals surface area contributed by atoms with Gasteiger partial charge in [0.2, 0.25) is 11.8 Å². The second-order valence-corrected chi connectivity index (χ2v) is 4.07. The van der Waals surface area contributed by atoms with Gasteiger partial charge >= 0.3 is 0 Å². The van der Waals surface area contributed by atoms with Crippen molar-refractivity contribution in [2.45, 2.75) is 25.8 Å². The van der Waals surface area contributed by atoms with Crippen LogP contribution in [-0.2, 0) is 9.59 Å². The zero-order chi connectivity index (χ0) is 11.4. The first-order valence-electron chi connectivity index (χ1n) is 5.21. The van der Waals surface area contributed by atoms with Crippen LogP contribution in [0.2, 0.25) is 0 Å². The van der Waals surface area contributed by atoms with Crippen LogP contribution in [0.25, 0.3) is 0 Å². The molecule has 1 rings (SSSR count). The molecule has 2 amide bonds. The minimum atomic E-state index is -0.372. The van der Waals surface area contributed by atoms with E-state index < -0.39 is 0 Å². The van der Waals surface area contributed by atoms with Crippen LogP contribution in [0, 0.1) is 5.92 Å². The van der Waals surface area contributed by atoms with Crippen molar-refractivity contribution in [2.75, 3.05) is 20.2 Å². The number of imide groups is 1. The molecule has 0 aromatic carbocycles. The lowest BCUT2D eigenvalue weighted by Crippen LogP contribution is -2.39. The molecule has 5 nitrogen and oxygen atoms in total. The van der Waals surface area contributed by atoms with E-state index in [4.69, 9.17) is 5.11 Å². The molecule has 2 N–H and O–H groups in total. The molecule has 0 spiro atoms. The molecule has 15 heavy (non-hydrogen) atoms. The number of likely N-dealkylation sites (tertiary alicyclic amines) is 1. The molecule has 1 fully saturated rings. The highest BCUT2D eigenvalue weighted by atomic mass is 16.3. The number of likely N-dealkylation sites (N-methyl/N-ethyl adjacent to an activating group) is 1. The van der Waals surface area contributed by atoms with Gasteiger partial charge in [0.25, 0.3) is 0 Å². The fourth-order valence-electron chi connectivity index (χ4n) is 1.58. The van der Waals surface area contributed by atoms with Crippen molar-refractivity contribution in [1.29, 1.82) is 0 Å². The third-order valence-corrected chi connectivity index (χ3v) is 2.72. The Morgan fingerprint density at radius 3 is 2.73 bits per heavy atom. The first kappa shape index (κ1) is 12.1. The second kappa shape index (κ2) is 5.23. The molecule has 5 heteroatoms. The molecule has 86 valence electrons. The van der Waals surface area contributed by atoms with Gasteiger partial charge in [-0.1, -0.05) is 6.92 Å². The zero-order valence-electron chi connectivity index (χ0n) is 9.19. The number of nitrogens with one attached hydrogen (secondary N) is 1. The maximum Gasteiger partial charge on any atom is 0.246 e. The van der Waals surface area contributed by atoms with Crippen molar-refractivity contribution in [3.63, 3.8) is 0 Å². The Labute approximate surface area is 89.4 Å². The highest BCUT2D eigenvalue weighted by Crippen LogP contribution is 2.11. The molecule has 0 aromatic heterocycles. The van der Waals surface area contributed by atoms with E-state index in [1.165, 1.54) is 7.05 Å². The summed E-state index contributed by atoms with van der Waals surface area (Å²) in [5.41, 5.74) is 0. The van der Waals surface area contributed by atoms with E-state index in [9.17, 15) is 9.59 Å². The molecule has 1 saturated heterocycles. The number of amides is 2. The van der Waals surface area contributed by atoms with E-state index in [0.29, 0.717) is 18.9 Å². The maximum absolute atomic E-state index is 11.5. The number of carbonyl (C=O) groups is 2. The minimum Gasteiger partial charge on any atom is -0.396 e. The lowest BCUT2D eigenvalue weighted by atomic mass is 10.1. The Bertz CT molecular complexity index is 255. The largest absolute Gasteiger partial charge is 0.396 e.